The number of halogens is 1. The van der Waals surface area contributed by atoms with E-state index in [2.05, 4.69) is 5.32 Å². The van der Waals surface area contributed by atoms with Gasteiger partial charge in [-0.15, -0.1) is 0 Å². The van der Waals surface area contributed by atoms with Crippen molar-refractivity contribution in [3.05, 3.63) is 101 Å². The lowest BCUT2D eigenvalue weighted by Gasteiger charge is -2.34. The monoisotopic (exact) mass is 555 g/mol. The summed E-state index contributed by atoms with van der Waals surface area (Å²) in [6.07, 6.45) is 1.95. The first-order valence-electron chi connectivity index (χ1n) is 12.5. The second kappa shape index (κ2) is 13.4. The van der Waals surface area contributed by atoms with Gasteiger partial charge in [0.05, 0.1) is 11.9 Å². The number of hydrogen-bond donors (Lipinski definition) is 1. The quantitative estimate of drug-likeness (QED) is 0.358. The van der Waals surface area contributed by atoms with Gasteiger partial charge in [-0.05, 0) is 48.2 Å². The summed E-state index contributed by atoms with van der Waals surface area (Å²) in [4.78, 5) is 28.8. The highest BCUT2D eigenvalue weighted by molar-refractivity contribution is 7.92. The van der Waals surface area contributed by atoms with Crippen molar-refractivity contribution < 1.29 is 18.0 Å². The Morgan fingerprint density at radius 3 is 2.21 bits per heavy atom. The minimum Gasteiger partial charge on any atom is -0.355 e. The number of rotatable bonds is 12. The van der Waals surface area contributed by atoms with Crippen molar-refractivity contribution in [3.8, 4) is 0 Å². The lowest BCUT2D eigenvalue weighted by molar-refractivity contribution is -0.140. The van der Waals surface area contributed by atoms with E-state index in [0.29, 0.717) is 23.7 Å². The van der Waals surface area contributed by atoms with Gasteiger partial charge in [0.25, 0.3) is 0 Å². The van der Waals surface area contributed by atoms with Crippen molar-refractivity contribution in [2.75, 3.05) is 23.7 Å². The molecule has 0 aliphatic heterocycles. The Morgan fingerprint density at radius 1 is 0.921 bits per heavy atom. The van der Waals surface area contributed by atoms with Crippen LogP contribution in [-0.2, 0) is 39.0 Å². The van der Waals surface area contributed by atoms with Gasteiger partial charge in [0.1, 0.15) is 12.6 Å². The third-order valence-electron chi connectivity index (χ3n) is 6.18. The topological polar surface area (TPSA) is 86.8 Å². The maximum Gasteiger partial charge on any atom is 0.244 e. The van der Waals surface area contributed by atoms with E-state index in [1.165, 1.54) is 4.90 Å². The average molecular weight is 556 g/mol. The van der Waals surface area contributed by atoms with Gasteiger partial charge in [0, 0.05) is 24.5 Å². The third-order valence-corrected chi connectivity index (χ3v) is 7.55. The van der Waals surface area contributed by atoms with Crippen LogP contribution >= 0.6 is 11.6 Å². The molecule has 0 radical (unpaired) electrons. The summed E-state index contributed by atoms with van der Waals surface area (Å²) in [5.74, 6) is -0.805. The van der Waals surface area contributed by atoms with Gasteiger partial charge >= 0.3 is 0 Å². The Balaban J connectivity index is 2.06. The summed E-state index contributed by atoms with van der Waals surface area (Å²) >= 11 is 6.22. The standard InChI is InChI=1S/C29H34ClN3O4S/c1-4-24-15-9-10-17-26(24)33(38(3,36)37)21-28(34)32(20-23-14-11-16-25(30)18-23)27(29(35)31-5-2)19-22-12-7-6-8-13-22/h6-18,27H,4-5,19-21H2,1-3H3,(H,31,35)/t27-/m0/s1. The Morgan fingerprint density at radius 2 is 1.58 bits per heavy atom. The fraction of sp³-hybridized carbons (Fsp3) is 0.310. The summed E-state index contributed by atoms with van der Waals surface area (Å²) < 4.78 is 27.0. The van der Waals surface area contributed by atoms with E-state index in [0.717, 1.165) is 27.3 Å². The maximum atomic E-state index is 14.0. The molecule has 0 spiro atoms. The number of para-hydroxylation sites is 1. The molecule has 3 rings (SSSR count). The van der Waals surface area contributed by atoms with E-state index in [9.17, 15) is 18.0 Å². The van der Waals surface area contributed by atoms with E-state index in [1.807, 2.05) is 62.4 Å². The molecular formula is C29H34ClN3O4S. The molecule has 7 nitrogen and oxygen atoms in total. The highest BCUT2D eigenvalue weighted by Crippen LogP contribution is 2.25. The number of likely N-dealkylation sites (N-methyl/N-ethyl adjacent to an activating group) is 1. The van der Waals surface area contributed by atoms with Crippen LogP contribution in [0.5, 0.6) is 0 Å². The smallest absolute Gasteiger partial charge is 0.244 e. The van der Waals surface area contributed by atoms with Gasteiger partial charge < -0.3 is 10.2 Å². The molecule has 9 heteroatoms. The maximum absolute atomic E-state index is 14.0. The number of carbonyl (C=O) groups is 2. The van der Waals surface area contributed by atoms with Crippen LogP contribution in [0.25, 0.3) is 0 Å². The molecule has 0 bridgehead atoms. The van der Waals surface area contributed by atoms with Crippen LogP contribution in [0.3, 0.4) is 0 Å². The zero-order valence-corrected chi connectivity index (χ0v) is 23.5. The number of benzene rings is 3. The molecule has 2 amide bonds. The molecular weight excluding hydrogens is 522 g/mol. The van der Waals surface area contributed by atoms with E-state index in [-0.39, 0.29) is 18.9 Å². The van der Waals surface area contributed by atoms with Crippen molar-refractivity contribution in [1.82, 2.24) is 10.2 Å². The molecule has 0 saturated heterocycles. The van der Waals surface area contributed by atoms with Crippen LogP contribution in [0.1, 0.15) is 30.5 Å². The van der Waals surface area contributed by atoms with Crippen molar-refractivity contribution in [3.63, 3.8) is 0 Å². The van der Waals surface area contributed by atoms with Crippen molar-refractivity contribution in [2.24, 2.45) is 0 Å². The van der Waals surface area contributed by atoms with E-state index >= 15 is 0 Å². The molecule has 1 atom stereocenters. The second-order valence-electron chi connectivity index (χ2n) is 9.00. The molecule has 0 heterocycles. The number of nitrogens with one attached hydrogen (secondary N) is 1. The Hall–Kier alpha value is -3.36. The molecule has 0 saturated carbocycles. The fourth-order valence-electron chi connectivity index (χ4n) is 4.33. The molecule has 202 valence electrons. The molecule has 3 aromatic carbocycles. The molecule has 0 unspecified atom stereocenters. The number of sulfonamides is 1. The van der Waals surface area contributed by atoms with Crippen LogP contribution in [0.2, 0.25) is 5.02 Å². The number of anilines is 1. The fourth-order valence-corrected chi connectivity index (χ4v) is 5.42. The summed E-state index contributed by atoms with van der Waals surface area (Å²) in [5, 5.41) is 3.34. The third kappa shape index (κ3) is 7.82. The van der Waals surface area contributed by atoms with E-state index in [4.69, 9.17) is 11.6 Å². The minimum absolute atomic E-state index is 0.0844. The van der Waals surface area contributed by atoms with Crippen LogP contribution in [-0.4, -0.2) is 50.5 Å². The largest absolute Gasteiger partial charge is 0.355 e. The van der Waals surface area contributed by atoms with Gasteiger partial charge in [0.15, 0.2) is 0 Å². The predicted molar refractivity (Wildman–Crippen MR) is 153 cm³/mol. The van der Waals surface area contributed by atoms with Gasteiger partial charge in [0.2, 0.25) is 21.8 Å². The normalized spacial score (nSPS) is 12.0. The minimum atomic E-state index is -3.81. The summed E-state index contributed by atoms with van der Waals surface area (Å²) in [5.41, 5.74) is 2.86. The van der Waals surface area contributed by atoms with Gasteiger partial charge in [-0.2, -0.15) is 0 Å². The van der Waals surface area contributed by atoms with Crippen molar-refractivity contribution in [1.29, 1.82) is 0 Å². The number of nitrogens with zero attached hydrogens (tertiary/aromatic N) is 2. The zero-order chi connectivity index (χ0) is 27.7. The number of aryl methyl sites for hydroxylation is 1. The lowest BCUT2D eigenvalue weighted by atomic mass is 10.0. The number of carbonyl (C=O) groups excluding carboxylic acids is 2. The van der Waals surface area contributed by atoms with E-state index < -0.39 is 28.5 Å². The molecule has 0 aromatic heterocycles. The number of hydrogen-bond acceptors (Lipinski definition) is 4. The summed E-state index contributed by atoms with van der Waals surface area (Å²) in [6.45, 7) is 3.77. The first-order valence-corrected chi connectivity index (χ1v) is 14.8. The average Bonchev–Trinajstić information content (AvgIpc) is 2.89. The Labute approximate surface area is 230 Å². The highest BCUT2D eigenvalue weighted by atomic mass is 35.5. The first kappa shape index (κ1) is 29.2. The van der Waals surface area contributed by atoms with Crippen molar-refractivity contribution in [2.45, 2.75) is 39.3 Å². The molecule has 0 fully saturated rings. The van der Waals surface area contributed by atoms with Gasteiger partial charge in [-0.25, -0.2) is 8.42 Å². The summed E-state index contributed by atoms with van der Waals surface area (Å²) in [6, 6.07) is 22.7. The molecule has 0 aliphatic rings. The van der Waals surface area contributed by atoms with Gasteiger partial charge in [-0.1, -0.05) is 79.2 Å². The molecule has 3 aromatic rings. The van der Waals surface area contributed by atoms with Crippen LogP contribution in [0.4, 0.5) is 5.69 Å². The first-order chi connectivity index (χ1) is 18.1. The Kier molecular flexibility index (Phi) is 10.3. The van der Waals surface area contributed by atoms with Gasteiger partial charge in [-0.3, -0.25) is 13.9 Å². The second-order valence-corrected chi connectivity index (χ2v) is 11.3. The summed E-state index contributed by atoms with van der Waals surface area (Å²) in [7, 11) is -3.81. The molecule has 0 aliphatic carbocycles. The van der Waals surface area contributed by atoms with Crippen LogP contribution in [0, 0.1) is 0 Å². The highest BCUT2D eigenvalue weighted by Gasteiger charge is 2.33. The lowest BCUT2D eigenvalue weighted by Crippen LogP contribution is -2.53. The SMILES string of the molecule is CCNC(=O)[C@H](Cc1ccccc1)N(Cc1cccc(Cl)c1)C(=O)CN(c1ccccc1CC)S(C)(=O)=O. The van der Waals surface area contributed by atoms with Crippen molar-refractivity contribution >= 4 is 39.1 Å². The zero-order valence-electron chi connectivity index (χ0n) is 21.9. The predicted octanol–water partition coefficient (Wildman–Crippen LogP) is 4.44. The van der Waals surface area contributed by atoms with Crippen LogP contribution in [0.15, 0.2) is 78.9 Å². The molecule has 1 N–H and O–H groups in total. The number of amides is 2. The van der Waals surface area contributed by atoms with E-state index in [1.54, 1.807) is 30.3 Å². The van der Waals surface area contributed by atoms with Crippen LogP contribution < -0.4 is 9.62 Å². The Bertz CT molecular complexity index is 1350. The molecule has 38 heavy (non-hydrogen) atoms.